The highest BCUT2D eigenvalue weighted by atomic mass is 16.2. The molecule has 0 unspecified atom stereocenters. The van der Waals surface area contributed by atoms with Crippen LogP contribution < -0.4 is 0 Å². The number of hydrogen-bond donors (Lipinski definition) is 0. The van der Waals surface area contributed by atoms with E-state index in [1.807, 2.05) is 37.1 Å². The van der Waals surface area contributed by atoms with Crippen molar-refractivity contribution in [2.75, 3.05) is 13.1 Å². The first-order valence-electron chi connectivity index (χ1n) is 7.71. The van der Waals surface area contributed by atoms with E-state index in [1.54, 1.807) is 0 Å². The minimum Gasteiger partial charge on any atom is -0.342 e. The lowest BCUT2D eigenvalue weighted by molar-refractivity contribution is -0.133. The summed E-state index contributed by atoms with van der Waals surface area (Å²) >= 11 is 0. The minimum atomic E-state index is 0.0652. The lowest BCUT2D eigenvalue weighted by Gasteiger charge is -2.18. The van der Waals surface area contributed by atoms with Gasteiger partial charge in [-0.3, -0.25) is 4.79 Å². The number of rotatable bonds is 3. The number of imidazole rings is 1. The fourth-order valence-electron chi connectivity index (χ4n) is 3.14. The second-order valence-electron chi connectivity index (χ2n) is 5.98. The van der Waals surface area contributed by atoms with Gasteiger partial charge in [-0.25, -0.2) is 9.97 Å². The van der Waals surface area contributed by atoms with Gasteiger partial charge in [0.2, 0.25) is 5.91 Å². The largest absolute Gasteiger partial charge is 0.342 e. The molecule has 1 aliphatic heterocycles. The maximum Gasteiger partial charge on any atom is 0.225 e. The molecule has 1 saturated heterocycles. The molecule has 0 bridgehead atoms. The van der Waals surface area contributed by atoms with E-state index < -0.39 is 0 Å². The van der Waals surface area contributed by atoms with Gasteiger partial charge in [0.15, 0.2) is 5.65 Å². The predicted molar refractivity (Wildman–Crippen MR) is 82.0 cm³/mol. The molecule has 21 heavy (non-hydrogen) atoms. The van der Waals surface area contributed by atoms with Gasteiger partial charge in [-0.1, -0.05) is 13.8 Å². The summed E-state index contributed by atoms with van der Waals surface area (Å²) in [5.74, 6) is 1.71. The summed E-state index contributed by atoms with van der Waals surface area (Å²) in [6.07, 6.45) is 2.80. The van der Waals surface area contributed by atoms with Crippen molar-refractivity contribution in [3.05, 3.63) is 24.2 Å². The maximum atomic E-state index is 12.1. The Labute approximate surface area is 125 Å². The second-order valence-corrected chi connectivity index (χ2v) is 5.98. The number of amides is 1. The van der Waals surface area contributed by atoms with Crippen LogP contribution in [0.3, 0.4) is 0 Å². The van der Waals surface area contributed by atoms with Gasteiger partial charge in [0, 0.05) is 37.7 Å². The third-order valence-corrected chi connectivity index (χ3v) is 4.21. The maximum absolute atomic E-state index is 12.1. The normalized spacial score (nSPS) is 18.9. The summed E-state index contributed by atoms with van der Waals surface area (Å²) in [7, 11) is 0. The van der Waals surface area contributed by atoms with Gasteiger partial charge in [0.25, 0.3) is 0 Å². The number of carbonyl (C=O) groups is 1. The number of fused-ring (bicyclic) bond motifs is 1. The molecule has 2 aromatic heterocycles. The van der Waals surface area contributed by atoms with E-state index in [-0.39, 0.29) is 11.8 Å². The second kappa shape index (κ2) is 5.47. The Hall–Kier alpha value is -1.91. The van der Waals surface area contributed by atoms with Crippen molar-refractivity contribution in [1.82, 2.24) is 19.4 Å². The first kappa shape index (κ1) is 14.0. The van der Waals surface area contributed by atoms with Gasteiger partial charge in [-0.15, -0.1) is 0 Å². The molecular formula is C16H22N4O. The molecule has 0 aromatic carbocycles. The van der Waals surface area contributed by atoms with Crippen LogP contribution in [0.15, 0.2) is 18.3 Å². The van der Waals surface area contributed by atoms with E-state index >= 15 is 0 Å². The van der Waals surface area contributed by atoms with E-state index in [0.29, 0.717) is 5.92 Å². The van der Waals surface area contributed by atoms with Crippen LogP contribution in [0.5, 0.6) is 0 Å². The average Bonchev–Trinajstić information content (AvgIpc) is 3.10. The summed E-state index contributed by atoms with van der Waals surface area (Å²) in [5.41, 5.74) is 1.90. The van der Waals surface area contributed by atoms with Gasteiger partial charge in [0.05, 0.1) is 0 Å². The van der Waals surface area contributed by atoms with Crippen LogP contribution >= 0.6 is 0 Å². The number of nitrogens with zero attached hydrogens (tertiary/aromatic N) is 4. The fraction of sp³-hybridized carbons (Fsp3) is 0.562. The van der Waals surface area contributed by atoms with Crippen molar-refractivity contribution >= 4 is 17.1 Å². The monoisotopic (exact) mass is 286 g/mol. The van der Waals surface area contributed by atoms with Crippen LogP contribution in [0.2, 0.25) is 0 Å². The van der Waals surface area contributed by atoms with Crippen molar-refractivity contribution < 1.29 is 4.79 Å². The summed E-state index contributed by atoms with van der Waals surface area (Å²) in [4.78, 5) is 23.3. The SMILES string of the molecule is CCn1c([C@@H]2CCN(C(=O)C(C)C)C2)nc2cccnc21. The highest BCUT2D eigenvalue weighted by Gasteiger charge is 2.31. The molecule has 0 saturated carbocycles. The Morgan fingerprint density at radius 1 is 1.48 bits per heavy atom. The standard InChI is InChI=1S/C16H22N4O/c1-4-20-14(18-13-6-5-8-17-15(13)20)12-7-9-19(10-12)16(21)11(2)3/h5-6,8,11-12H,4,7,9-10H2,1-3H3/t12-/m1/s1. The molecule has 1 amide bonds. The van der Waals surface area contributed by atoms with Crippen LogP contribution in [0.25, 0.3) is 11.2 Å². The molecule has 0 radical (unpaired) electrons. The molecule has 112 valence electrons. The van der Waals surface area contributed by atoms with Gasteiger partial charge in [-0.2, -0.15) is 0 Å². The molecule has 5 heteroatoms. The summed E-state index contributed by atoms with van der Waals surface area (Å²) < 4.78 is 2.18. The van der Waals surface area contributed by atoms with Crippen molar-refractivity contribution in [1.29, 1.82) is 0 Å². The van der Waals surface area contributed by atoms with Gasteiger partial charge in [-0.05, 0) is 25.5 Å². The molecule has 1 atom stereocenters. The molecule has 0 N–H and O–H groups in total. The number of aromatic nitrogens is 3. The molecule has 5 nitrogen and oxygen atoms in total. The summed E-state index contributed by atoms with van der Waals surface area (Å²) in [6.45, 7) is 8.51. The average molecular weight is 286 g/mol. The van der Waals surface area contributed by atoms with Crippen molar-refractivity contribution in [3.63, 3.8) is 0 Å². The topological polar surface area (TPSA) is 51.0 Å². The molecule has 3 heterocycles. The number of hydrogen-bond acceptors (Lipinski definition) is 3. The molecule has 0 spiro atoms. The van der Waals surface area contributed by atoms with Crippen LogP contribution in [0.1, 0.15) is 38.9 Å². The quantitative estimate of drug-likeness (QED) is 0.870. The minimum absolute atomic E-state index is 0.0652. The molecule has 1 fully saturated rings. The smallest absolute Gasteiger partial charge is 0.225 e. The van der Waals surface area contributed by atoms with E-state index in [2.05, 4.69) is 16.5 Å². The van der Waals surface area contributed by atoms with Crippen LogP contribution in [-0.4, -0.2) is 38.4 Å². The lowest BCUT2D eigenvalue weighted by Crippen LogP contribution is -2.32. The predicted octanol–water partition coefficient (Wildman–Crippen LogP) is 2.42. The number of carbonyl (C=O) groups excluding carboxylic acids is 1. The molecule has 0 aliphatic carbocycles. The van der Waals surface area contributed by atoms with Crippen molar-refractivity contribution in [3.8, 4) is 0 Å². The Kier molecular flexibility index (Phi) is 3.66. The number of aryl methyl sites for hydroxylation is 1. The van der Waals surface area contributed by atoms with E-state index in [4.69, 9.17) is 4.98 Å². The Balaban J connectivity index is 1.90. The van der Waals surface area contributed by atoms with Crippen LogP contribution in [0, 0.1) is 5.92 Å². The molecule has 3 rings (SSSR count). The fourth-order valence-corrected chi connectivity index (χ4v) is 3.14. The zero-order valence-electron chi connectivity index (χ0n) is 12.9. The van der Waals surface area contributed by atoms with Crippen LogP contribution in [0.4, 0.5) is 0 Å². The third kappa shape index (κ3) is 2.41. The number of pyridine rings is 1. The first-order chi connectivity index (χ1) is 10.1. The summed E-state index contributed by atoms with van der Waals surface area (Å²) in [5, 5.41) is 0. The molecular weight excluding hydrogens is 264 g/mol. The van der Waals surface area contributed by atoms with Crippen molar-refractivity contribution in [2.24, 2.45) is 5.92 Å². The summed E-state index contributed by atoms with van der Waals surface area (Å²) in [6, 6.07) is 3.92. The number of likely N-dealkylation sites (tertiary alicyclic amines) is 1. The first-order valence-corrected chi connectivity index (χ1v) is 7.71. The highest BCUT2D eigenvalue weighted by molar-refractivity contribution is 5.78. The zero-order valence-corrected chi connectivity index (χ0v) is 12.9. The van der Waals surface area contributed by atoms with Crippen LogP contribution in [-0.2, 0) is 11.3 Å². The Morgan fingerprint density at radius 2 is 2.29 bits per heavy atom. The molecule has 2 aromatic rings. The third-order valence-electron chi connectivity index (χ3n) is 4.21. The van der Waals surface area contributed by atoms with Gasteiger partial charge in [0.1, 0.15) is 11.3 Å². The van der Waals surface area contributed by atoms with Gasteiger partial charge >= 0.3 is 0 Å². The highest BCUT2D eigenvalue weighted by Crippen LogP contribution is 2.29. The lowest BCUT2D eigenvalue weighted by atomic mass is 10.1. The molecule has 1 aliphatic rings. The van der Waals surface area contributed by atoms with Gasteiger partial charge < -0.3 is 9.47 Å². The van der Waals surface area contributed by atoms with E-state index in [0.717, 1.165) is 43.0 Å². The Bertz CT molecular complexity index is 661. The van der Waals surface area contributed by atoms with Crippen molar-refractivity contribution in [2.45, 2.75) is 39.7 Å². The zero-order chi connectivity index (χ0) is 15.0. The Morgan fingerprint density at radius 3 is 3.00 bits per heavy atom. The van der Waals surface area contributed by atoms with E-state index in [9.17, 15) is 4.79 Å². The van der Waals surface area contributed by atoms with E-state index in [1.165, 1.54) is 0 Å².